The topological polar surface area (TPSA) is 48.4 Å². The predicted octanol–water partition coefficient (Wildman–Crippen LogP) is 4.42. The molecule has 4 nitrogen and oxygen atoms in total. The molecule has 0 aliphatic rings. The maximum Gasteiger partial charge on any atom is 0.338 e. The molecule has 25 heavy (non-hydrogen) atoms. The molecule has 0 amide bonds. The average Bonchev–Trinajstić information content (AvgIpc) is 2.66. The Labute approximate surface area is 147 Å². The molecule has 0 aliphatic carbocycles. The molecule has 0 N–H and O–H groups in total. The van der Waals surface area contributed by atoms with Gasteiger partial charge in [-0.25, -0.2) is 9.78 Å². The minimum absolute atomic E-state index is 0.381. The SMILES string of the molecule is COC(=O)c1cc(OCc2ccccc2)nc(-c2ccccc2C)c1. The molecule has 126 valence electrons. The van der Waals surface area contributed by atoms with Gasteiger partial charge in [0, 0.05) is 11.6 Å². The highest BCUT2D eigenvalue weighted by atomic mass is 16.5. The number of ether oxygens (including phenoxy) is 2. The quantitative estimate of drug-likeness (QED) is 0.648. The molecule has 1 heterocycles. The van der Waals surface area contributed by atoms with Crippen LogP contribution >= 0.6 is 0 Å². The summed E-state index contributed by atoms with van der Waals surface area (Å²) in [6.45, 7) is 2.39. The van der Waals surface area contributed by atoms with Crippen molar-refractivity contribution < 1.29 is 14.3 Å². The molecule has 0 saturated heterocycles. The van der Waals surface area contributed by atoms with E-state index in [1.807, 2.05) is 61.5 Å². The van der Waals surface area contributed by atoms with Gasteiger partial charge in [0.25, 0.3) is 0 Å². The lowest BCUT2D eigenvalue weighted by atomic mass is 10.0. The van der Waals surface area contributed by atoms with Gasteiger partial charge >= 0.3 is 5.97 Å². The maximum absolute atomic E-state index is 12.0. The number of aromatic nitrogens is 1. The average molecular weight is 333 g/mol. The summed E-state index contributed by atoms with van der Waals surface area (Å²) in [4.78, 5) is 16.6. The van der Waals surface area contributed by atoms with Crippen molar-refractivity contribution in [3.05, 3.63) is 83.4 Å². The third kappa shape index (κ3) is 4.04. The zero-order valence-electron chi connectivity index (χ0n) is 14.2. The number of aryl methyl sites for hydroxylation is 1. The monoisotopic (exact) mass is 333 g/mol. The Morgan fingerprint density at radius 2 is 1.72 bits per heavy atom. The van der Waals surface area contributed by atoms with Gasteiger partial charge in [-0.1, -0.05) is 54.6 Å². The lowest BCUT2D eigenvalue weighted by Crippen LogP contribution is -2.05. The smallest absolute Gasteiger partial charge is 0.338 e. The van der Waals surface area contributed by atoms with E-state index in [-0.39, 0.29) is 0 Å². The number of rotatable bonds is 5. The molecular formula is C21H19NO3. The van der Waals surface area contributed by atoms with Crippen molar-refractivity contribution in [1.29, 1.82) is 0 Å². The van der Waals surface area contributed by atoms with Gasteiger partial charge < -0.3 is 9.47 Å². The van der Waals surface area contributed by atoms with Gasteiger partial charge in [-0.2, -0.15) is 0 Å². The molecule has 0 fully saturated rings. The molecule has 3 aromatic rings. The predicted molar refractivity (Wildman–Crippen MR) is 96.5 cm³/mol. The van der Waals surface area contributed by atoms with Crippen LogP contribution in [0.3, 0.4) is 0 Å². The van der Waals surface area contributed by atoms with Gasteiger partial charge in [0.1, 0.15) is 6.61 Å². The van der Waals surface area contributed by atoms with Crippen LogP contribution in [0.4, 0.5) is 0 Å². The molecule has 0 bridgehead atoms. The Kier molecular flexibility index (Phi) is 5.09. The molecule has 2 aromatic carbocycles. The lowest BCUT2D eigenvalue weighted by Gasteiger charge is -2.11. The van der Waals surface area contributed by atoms with E-state index in [2.05, 4.69) is 4.98 Å². The van der Waals surface area contributed by atoms with Gasteiger partial charge in [-0.15, -0.1) is 0 Å². The van der Waals surface area contributed by atoms with Gasteiger partial charge in [-0.3, -0.25) is 0 Å². The summed E-state index contributed by atoms with van der Waals surface area (Å²) in [5.41, 5.74) is 4.16. The largest absolute Gasteiger partial charge is 0.473 e. The van der Waals surface area contributed by atoms with Crippen LogP contribution in [-0.2, 0) is 11.3 Å². The molecular weight excluding hydrogens is 314 g/mol. The van der Waals surface area contributed by atoms with Crippen LogP contribution in [0.15, 0.2) is 66.7 Å². The van der Waals surface area contributed by atoms with Crippen molar-refractivity contribution in [1.82, 2.24) is 4.98 Å². The molecule has 0 unspecified atom stereocenters. The first kappa shape index (κ1) is 16.7. The van der Waals surface area contributed by atoms with Crippen LogP contribution in [0.5, 0.6) is 5.88 Å². The standard InChI is InChI=1S/C21H19NO3/c1-15-8-6-7-11-18(15)19-12-17(21(23)24-2)13-20(22-19)25-14-16-9-4-3-5-10-16/h3-13H,14H2,1-2H3. The van der Waals surface area contributed by atoms with Crippen molar-refractivity contribution in [2.75, 3.05) is 7.11 Å². The highest BCUT2D eigenvalue weighted by Gasteiger charge is 2.13. The van der Waals surface area contributed by atoms with Crippen LogP contribution in [0.1, 0.15) is 21.5 Å². The fraction of sp³-hybridized carbons (Fsp3) is 0.143. The zero-order valence-corrected chi connectivity index (χ0v) is 14.2. The Bertz CT molecular complexity index is 875. The second-order valence-corrected chi connectivity index (χ2v) is 5.66. The van der Waals surface area contributed by atoms with Crippen LogP contribution < -0.4 is 4.74 Å². The van der Waals surface area contributed by atoms with Crippen molar-refractivity contribution in [2.24, 2.45) is 0 Å². The van der Waals surface area contributed by atoms with Gasteiger partial charge in [0.15, 0.2) is 0 Å². The maximum atomic E-state index is 12.0. The van der Waals surface area contributed by atoms with Crippen LogP contribution in [0, 0.1) is 6.92 Å². The van der Waals surface area contributed by atoms with E-state index in [1.165, 1.54) is 7.11 Å². The normalized spacial score (nSPS) is 10.3. The highest BCUT2D eigenvalue weighted by molar-refractivity contribution is 5.91. The van der Waals surface area contributed by atoms with Crippen LogP contribution in [0.2, 0.25) is 0 Å². The third-order valence-corrected chi connectivity index (χ3v) is 3.87. The summed E-state index contributed by atoms with van der Waals surface area (Å²) in [5, 5.41) is 0. The van der Waals surface area contributed by atoms with Crippen LogP contribution in [0.25, 0.3) is 11.3 Å². The Hall–Kier alpha value is -3.14. The van der Waals surface area contributed by atoms with Gasteiger partial charge in [0.05, 0.1) is 18.4 Å². The number of nitrogens with zero attached hydrogens (tertiary/aromatic N) is 1. The van der Waals surface area contributed by atoms with Crippen molar-refractivity contribution in [2.45, 2.75) is 13.5 Å². The summed E-state index contributed by atoms with van der Waals surface area (Å²) in [6, 6.07) is 21.0. The Morgan fingerprint density at radius 1 is 1.00 bits per heavy atom. The number of hydrogen-bond donors (Lipinski definition) is 0. The summed E-state index contributed by atoms with van der Waals surface area (Å²) in [6.07, 6.45) is 0. The summed E-state index contributed by atoms with van der Waals surface area (Å²) < 4.78 is 10.7. The van der Waals surface area contributed by atoms with E-state index in [0.717, 1.165) is 16.7 Å². The first-order valence-electron chi connectivity index (χ1n) is 8.00. The molecule has 0 saturated carbocycles. The molecule has 0 spiro atoms. The van der Waals surface area contributed by atoms with Crippen molar-refractivity contribution >= 4 is 5.97 Å². The summed E-state index contributed by atoms with van der Waals surface area (Å²) >= 11 is 0. The lowest BCUT2D eigenvalue weighted by molar-refractivity contribution is 0.0600. The van der Waals surface area contributed by atoms with E-state index in [9.17, 15) is 4.79 Å². The molecule has 0 aliphatic heterocycles. The van der Waals surface area contributed by atoms with E-state index < -0.39 is 5.97 Å². The van der Waals surface area contributed by atoms with Crippen LogP contribution in [-0.4, -0.2) is 18.1 Å². The third-order valence-electron chi connectivity index (χ3n) is 3.87. The number of carbonyl (C=O) groups excluding carboxylic acids is 1. The first-order chi connectivity index (χ1) is 12.2. The van der Waals surface area contributed by atoms with E-state index in [1.54, 1.807) is 12.1 Å². The number of pyridine rings is 1. The Balaban J connectivity index is 1.95. The number of benzene rings is 2. The molecule has 0 radical (unpaired) electrons. The Morgan fingerprint density at radius 3 is 2.44 bits per heavy atom. The van der Waals surface area contributed by atoms with Crippen molar-refractivity contribution in [3.63, 3.8) is 0 Å². The van der Waals surface area contributed by atoms with E-state index >= 15 is 0 Å². The number of methoxy groups -OCH3 is 1. The fourth-order valence-electron chi connectivity index (χ4n) is 2.54. The van der Waals surface area contributed by atoms with Gasteiger partial charge in [0.2, 0.25) is 5.88 Å². The number of carbonyl (C=O) groups is 1. The zero-order chi connectivity index (χ0) is 17.6. The number of hydrogen-bond acceptors (Lipinski definition) is 4. The minimum atomic E-state index is -0.415. The summed E-state index contributed by atoms with van der Waals surface area (Å²) in [5.74, 6) is -0.0215. The number of esters is 1. The first-order valence-corrected chi connectivity index (χ1v) is 8.00. The summed E-state index contributed by atoms with van der Waals surface area (Å²) in [7, 11) is 1.36. The van der Waals surface area contributed by atoms with Crippen molar-refractivity contribution in [3.8, 4) is 17.1 Å². The molecule has 4 heteroatoms. The fourth-order valence-corrected chi connectivity index (χ4v) is 2.54. The van der Waals surface area contributed by atoms with Gasteiger partial charge in [-0.05, 0) is 24.1 Å². The second kappa shape index (κ2) is 7.62. The molecule has 1 aromatic heterocycles. The minimum Gasteiger partial charge on any atom is -0.473 e. The van der Waals surface area contributed by atoms with E-state index in [4.69, 9.17) is 9.47 Å². The molecule has 3 rings (SSSR count). The van der Waals surface area contributed by atoms with E-state index in [0.29, 0.717) is 23.7 Å². The second-order valence-electron chi connectivity index (χ2n) is 5.66. The highest BCUT2D eigenvalue weighted by Crippen LogP contribution is 2.26. The molecule has 0 atom stereocenters.